The number of nitrogens with one attached hydrogen (secondary N) is 2. The number of esters is 1. The number of aromatic nitrogens is 2. The summed E-state index contributed by atoms with van der Waals surface area (Å²) in [5, 5.41) is 18.8. The topological polar surface area (TPSA) is 141 Å². The summed E-state index contributed by atoms with van der Waals surface area (Å²) < 4.78 is 16.1. The van der Waals surface area contributed by atoms with Crippen LogP contribution < -0.4 is 25.0 Å². The summed E-state index contributed by atoms with van der Waals surface area (Å²) in [5.41, 5.74) is 1.88. The molecule has 0 radical (unpaired) electrons. The zero-order chi connectivity index (χ0) is 26.6. The largest absolute Gasteiger partial charge is 0.466 e. The Hall–Kier alpha value is -4.35. The Bertz CT molecular complexity index is 1360. The maximum absolute atomic E-state index is 12.2. The molecule has 2 aromatic carbocycles. The molecule has 0 atom stereocenters. The molecular formula is C26H30N6O6. The van der Waals surface area contributed by atoms with E-state index in [1.165, 1.54) is 6.07 Å². The van der Waals surface area contributed by atoms with E-state index < -0.39 is 4.92 Å². The van der Waals surface area contributed by atoms with Crippen molar-refractivity contribution in [2.45, 2.75) is 33.2 Å². The number of nitro benzene ring substituents is 1. The molecule has 0 saturated carbocycles. The lowest BCUT2D eigenvalue weighted by Gasteiger charge is -2.31. The second-order valence-corrected chi connectivity index (χ2v) is 9.10. The normalized spacial score (nSPS) is 14.9. The van der Waals surface area contributed by atoms with Crippen molar-refractivity contribution in [3.8, 4) is 11.5 Å². The Balaban J connectivity index is 1.47. The van der Waals surface area contributed by atoms with E-state index in [4.69, 9.17) is 24.2 Å². The quantitative estimate of drug-likeness (QED) is 0.238. The van der Waals surface area contributed by atoms with Crippen LogP contribution >= 0.6 is 0 Å². The summed E-state index contributed by atoms with van der Waals surface area (Å²) in [6.07, 6.45) is 1.28. The molecule has 0 amide bonds. The highest BCUT2D eigenvalue weighted by molar-refractivity contribution is 5.95. The molecule has 0 unspecified atom stereocenters. The summed E-state index contributed by atoms with van der Waals surface area (Å²) in [4.78, 5) is 35.2. The third kappa shape index (κ3) is 5.20. The first-order chi connectivity index (χ1) is 18.5. The number of benzene rings is 2. The summed E-state index contributed by atoms with van der Waals surface area (Å²) in [7, 11) is 0. The van der Waals surface area contributed by atoms with E-state index in [0.717, 1.165) is 5.56 Å². The van der Waals surface area contributed by atoms with Gasteiger partial charge in [-0.1, -0.05) is 6.07 Å². The predicted molar refractivity (Wildman–Crippen MR) is 142 cm³/mol. The number of carbonyl (C=O) groups excluding carboxylic acids is 1. The number of hydrogen-bond acceptors (Lipinski definition) is 11. The number of nitro groups is 1. The smallest absolute Gasteiger partial charge is 0.309 e. The number of hydrogen-bond donors (Lipinski definition) is 2. The molecule has 12 heteroatoms. The molecule has 2 N–H and O–H groups in total. The highest BCUT2D eigenvalue weighted by Crippen LogP contribution is 2.36. The summed E-state index contributed by atoms with van der Waals surface area (Å²) >= 11 is 0. The SMILES string of the molecule is CCNc1cc2nc(N3CCC(C(=O)OCC)CC3)nc(NCc3ccc4c(c3)OCO4)c2cc1[N+](=O)[O-]. The van der Waals surface area contributed by atoms with Crippen molar-refractivity contribution in [1.29, 1.82) is 0 Å². The Morgan fingerprint density at radius 2 is 1.92 bits per heavy atom. The van der Waals surface area contributed by atoms with Crippen molar-refractivity contribution in [2.24, 2.45) is 5.92 Å². The van der Waals surface area contributed by atoms with Crippen molar-refractivity contribution < 1.29 is 23.9 Å². The van der Waals surface area contributed by atoms with Crippen molar-refractivity contribution in [3.63, 3.8) is 0 Å². The molecule has 3 heterocycles. The van der Waals surface area contributed by atoms with Crippen LogP contribution in [0.25, 0.3) is 10.9 Å². The lowest BCUT2D eigenvalue weighted by Crippen LogP contribution is -2.38. The second-order valence-electron chi connectivity index (χ2n) is 9.10. The molecule has 0 aliphatic carbocycles. The molecule has 3 aromatic rings. The number of fused-ring (bicyclic) bond motifs is 2. The van der Waals surface area contributed by atoms with Crippen LogP contribution in [0, 0.1) is 16.0 Å². The van der Waals surface area contributed by atoms with Crippen LogP contribution in [0.4, 0.5) is 23.1 Å². The van der Waals surface area contributed by atoms with Crippen LogP contribution in [0.2, 0.25) is 0 Å². The molecule has 1 fully saturated rings. The van der Waals surface area contributed by atoms with E-state index in [9.17, 15) is 14.9 Å². The fourth-order valence-corrected chi connectivity index (χ4v) is 4.72. The number of nitrogens with zero attached hydrogens (tertiary/aromatic N) is 4. The molecule has 1 saturated heterocycles. The second kappa shape index (κ2) is 11.0. The highest BCUT2D eigenvalue weighted by atomic mass is 16.7. The molecule has 38 heavy (non-hydrogen) atoms. The lowest BCUT2D eigenvalue weighted by molar-refractivity contribution is -0.383. The summed E-state index contributed by atoms with van der Waals surface area (Å²) in [6, 6.07) is 8.87. The average molecular weight is 523 g/mol. The van der Waals surface area contributed by atoms with E-state index in [1.807, 2.05) is 30.0 Å². The van der Waals surface area contributed by atoms with Crippen molar-refractivity contribution in [1.82, 2.24) is 9.97 Å². The van der Waals surface area contributed by atoms with E-state index >= 15 is 0 Å². The molecule has 200 valence electrons. The first kappa shape index (κ1) is 25.3. The molecular weight excluding hydrogens is 492 g/mol. The van der Waals surface area contributed by atoms with E-state index in [0.29, 0.717) is 85.5 Å². The number of ether oxygens (including phenoxy) is 3. The third-order valence-electron chi connectivity index (χ3n) is 6.66. The Morgan fingerprint density at radius 1 is 1.13 bits per heavy atom. The van der Waals surface area contributed by atoms with Gasteiger partial charge in [0.2, 0.25) is 12.7 Å². The molecule has 5 rings (SSSR count). The fraction of sp³-hybridized carbons (Fsp3) is 0.423. The molecule has 2 aliphatic heterocycles. The minimum absolute atomic E-state index is 0.0444. The number of piperidine rings is 1. The molecule has 0 bridgehead atoms. The van der Waals surface area contributed by atoms with Gasteiger partial charge in [0.25, 0.3) is 5.69 Å². The fourth-order valence-electron chi connectivity index (χ4n) is 4.72. The molecule has 12 nitrogen and oxygen atoms in total. The van der Waals surface area contributed by atoms with E-state index in [1.54, 1.807) is 13.0 Å². The van der Waals surface area contributed by atoms with Crippen LogP contribution in [0.15, 0.2) is 30.3 Å². The first-order valence-electron chi connectivity index (χ1n) is 12.7. The zero-order valence-electron chi connectivity index (χ0n) is 21.4. The van der Waals surface area contributed by atoms with Gasteiger partial charge in [-0.2, -0.15) is 4.98 Å². The Labute approximate surface area is 219 Å². The van der Waals surface area contributed by atoms with Crippen LogP contribution in [-0.4, -0.2) is 53.9 Å². The van der Waals surface area contributed by atoms with Gasteiger partial charge in [0.1, 0.15) is 11.5 Å². The van der Waals surface area contributed by atoms with Crippen molar-refractivity contribution in [2.75, 3.05) is 48.6 Å². The molecule has 0 spiro atoms. The summed E-state index contributed by atoms with van der Waals surface area (Å²) in [6.45, 7) is 6.39. The highest BCUT2D eigenvalue weighted by Gasteiger charge is 2.28. The standard InChI is InChI=1S/C26H30N6O6/c1-3-27-20-13-19-18(12-21(20)32(34)35)24(28-14-16-5-6-22-23(11-16)38-15-37-22)30-26(29-19)31-9-7-17(8-10-31)25(33)36-4-2/h5-6,11-13,17,27H,3-4,7-10,14-15H2,1-2H3,(H,28,29,30). The van der Waals surface area contributed by atoms with Gasteiger partial charge >= 0.3 is 5.97 Å². The van der Waals surface area contributed by atoms with Crippen LogP contribution in [-0.2, 0) is 16.1 Å². The summed E-state index contributed by atoms with van der Waals surface area (Å²) in [5.74, 6) is 2.05. The monoisotopic (exact) mass is 522 g/mol. The maximum Gasteiger partial charge on any atom is 0.309 e. The molecule has 1 aromatic heterocycles. The van der Waals surface area contributed by atoms with Gasteiger partial charge in [0, 0.05) is 37.6 Å². The van der Waals surface area contributed by atoms with Gasteiger partial charge in [-0.3, -0.25) is 14.9 Å². The van der Waals surface area contributed by atoms with E-state index in [2.05, 4.69) is 10.6 Å². The first-order valence-corrected chi connectivity index (χ1v) is 12.7. The van der Waals surface area contributed by atoms with Crippen molar-refractivity contribution >= 4 is 40.0 Å². The van der Waals surface area contributed by atoms with Gasteiger partial charge in [-0.25, -0.2) is 4.98 Å². The number of carbonyl (C=O) groups is 1. The van der Waals surface area contributed by atoms with Gasteiger partial charge in [-0.05, 0) is 50.5 Å². The van der Waals surface area contributed by atoms with Crippen LogP contribution in [0.5, 0.6) is 11.5 Å². The zero-order valence-corrected chi connectivity index (χ0v) is 21.4. The van der Waals surface area contributed by atoms with Gasteiger partial charge in [-0.15, -0.1) is 0 Å². The minimum atomic E-state index is -0.410. The molecule has 2 aliphatic rings. The Kier molecular flexibility index (Phi) is 7.29. The van der Waals surface area contributed by atoms with E-state index in [-0.39, 0.29) is 24.4 Å². The maximum atomic E-state index is 12.2. The lowest BCUT2D eigenvalue weighted by atomic mass is 9.97. The third-order valence-corrected chi connectivity index (χ3v) is 6.66. The minimum Gasteiger partial charge on any atom is -0.466 e. The van der Waals surface area contributed by atoms with Crippen molar-refractivity contribution in [3.05, 3.63) is 46.0 Å². The average Bonchev–Trinajstić information content (AvgIpc) is 3.39. The predicted octanol–water partition coefficient (Wildman–Crippen LogP) is 4.09. The van der Waals surface area contributed by atoms with Gasteiger partial charge in [0.15, 0.2) is 11.5 Å². The van der Waals surface area contributed by atoms with Gasteiger partial charge in [0.05, 0.1) is 23.0 Å². The van der Waals surface area contributed by atoms with Crippen LogP contribution in [0.3, 0.4) is 0 Å². The van der Waals surface area contributed by atoms with Gasteiger partial charge < -0.3 is 29.7 Å². The number of rotatable bonds is 9. The van der Waals surface area contributed by atoms with Crippen LogP contribution in [0.1, 0.15) is 32.3 Å². The number of anilines is 3. The Morgan fingerprint density at radius 3 is 2.66 bits per heavy atom.